The standard InChI is InChI=1S/C24H27FN2O2S/c1-3-4-13-29-24(28)22-15-27-12-11-21-20(22)10-7-18(14-26)23(21)30-16(2)17-5-8-19(25)9-6-17/h5-10,16,22,27H,3-4,11-13,15H2,1-2H3. The molecule has 2 unspecified atom stereocenters. The molecule has 0 aliphatic carbocycles. The van der Waals surface area contributed by atoms with E-state index in [2.05, 4.69) is 18.3 Å². The highest BCUT2D eigenvalue weighted by molar-refractivity contribution is 7.99. The van der Waals surface area contributed by atoms with Crippen LogP contribution >= 0.6 is 11.8 Å². The lowest BCUT2D eigenvalue weighted by atomic mass is 9.92. The Balaban J connectivity index is 1.93. The molecule has 0 spiro atoms. The molecule has 1 heterocycles. The number of thioether (sulfide) groups is 1. The zero-order chi connectivity index (χ0) is 21.5. The Morgan fingerprint density at radius 2 is 2.10 bits per heavy atom. The first-order valence-electron chi connectivity index (χ1n) is 10.4. The number of hydrogen-bond donors (Lipinski definition) is 1. The number of esters is 1. The topological polar surface area (TPSA) is 62.1 Å². The third kappa shape index (κ3) is 5.21. The number of rotatable bonds is 7. The number of benzene rings is 2. The van der Waals surface area contributed by atoms with Crippen molar-refractivity contribution < 1.29 is 13.9 Å². The van der Waals surface area contributed by atoms with Crippen LogP contribution in [0, 0.1) is 17.1 Å². The molecule has 6 heteroatoms. The van der Waals surface area contributed by atoms with Crippen molar-refractivity contribution in [2.24, 2.45) is 0 Å². The molecule has 0 fully saturated rings. The monoisotopic (exact) mass is 426 g/mol. The van der Waals surface area contributed by atoms with E-state index < -0.39 is 0 Å². The summed E-state index contributed by atoms with van der Waals surface area (Å²) >= 11 is 1.59. The molecule has 0 radical (unpaired) electrons. The minimum absolute atomic E-state index is 0.0374. The number of carbonyl (C=O) groups excluding carboxylic acids is 1. The molecule has 1 N–H and O–H groups in total. The lowest BCUT2D eigenvalue weighted by Gasteiger charge is -2.21. The van der Waals surface area contributed by atoms with E-state index in [1.54, 1.807) is 30.0 Å². The third-order valence-corrected chi connectivity index (χ3v) is 6.68. The van der Waals surface area contributed by atoms with E-state index in [0.717, 1.165) is 47.4 Å². The maximum Gasteiger partial charge on any atom is 0.314 e. The van der Waals surface area contributed by atoms with E-state index in [1.165, 1.54) is 12.1 Å². The number of carbonyl (C=O) groups is 1. The van der Waals surface area contributed by atoms with Crippen LogP contribution in [0.5, 0.6) is 0 Å². The van der Waals surface area contributed by atoms with E-state index in [0.29, 0.717) is 18.7 Å². The van der Waals surface area contributed by atoms with Crippen LogP contribution in [0.1, 0.15) is 60.1 Å². The SMILES string of the molecule is CCCCOC(=O)C1CNCCc2c1ccc(C#N)c2SC(C)c1ccc(F)cc1. The minimum atomic E-state index is -0.382. The number of unbranched alkanes of at least 4 members (excludes halogenated alkanes) is 1. The van der Waals surface area contributed by atoms with Crippen molar-refractivity contribution in [3.63, 3.8) is 0 Å². The number of halogens is 1. The number of nitriles is 1. The highest BCUT2D eigenvalue weighted by Gasteiger charge is 2.29. The molecule has 0 amide bonds. The summed E-state index contributed by atoms with van der Waals surface area (Å²) in [4.78, 5) is 13.7. The van der Waals surface area contributed by atoms with Gasteiger partial charge in [0.1, 0.15) is 11.9 Å². The summed E-state index contributed by atoms with van der Waals surface area (Å²) in [6.07, 6.45) is 2.56. The van der Waals surface area contributed by atoms with Crippen LogP contribution in [0.2, 0.25) is 0 Å². The molecule has 158 valence electrons. The highest BCUT2D eigenvalue weighted by atomic mass is 32.2. The van der Waals surface area contributed by atoms with Gasteiger partial charge in [0.05, 0.1) is 18.1 Å². The van der Waals surface area contributed by atoms with Crippen LogP contribution in [0.15, 0.2) is 41.3 Å². The molecule has 2 aromatic rings. The number of nitrogens with zero attached hydrogens (tertiary/aromatic N) is 1. The van der Waals surface area contributed by atoms with Gasteiger partial charge >= 0.3 is 5.97 Å². The quantitative estimate of drug-likeness (QED) is 0.378. The van der Waals surface area contributed by atoms with Crippen molar-refractivity contribution in [2.75, 3.05) is 19.7 Å². The summed E-state index contributed by atoms with van der Waals surface area (Å²) in [5.74, 6) is -0.864. The van der Waals surface area contributed by atoms with Crippen LogP contribution in [-0.4, -0.2) is 25.7 Å². The molecule has 2 atom stereocenters. The fraction of sp³-hybridized carbons (Fsp3) is 0.417. The molecular formula is C24H27FN2O2S. The fourth-order valence-corrected chi connectivity index (χ4v) is 4.88. The zero-order valence-electron chi connectivity index (χ0n) is 17.4. The summed E-state index contributed by atoms with van der Waals surface area (Å²) in [6, 6.07) is 12.5. The van der Waals surface area contributed by atoms with Crippen LogP contribution in [-0.2, 0) is 16.0 Å². The number of fused-ring (bicyclic) bond motifs is 1. The largest absolute Gasteiger partial charge is 0.465 e. The molecular weight excluding hydrogens is 399 g/mol. The normalized spacial score (nSPS) is 16.8. The molecule has 4 nitrogen and oxygen atoms in total. The van der Waals surface area contributed by atoms with Crippen molar-refractivity contribution in [2.45, 2.75) is 49.2 Å². The second-order valence-corrected chi connectivity index (χ2v) is 8.81. The van der Waals surface area contributed by atoms with Crippen LogP contribution < -0.4 is 5.32 Å². The molecule has 0 aromatic heterocycles. The van der Waals surface area contributed by atoms with E-state index >= 15 is 0 Å². The van der Waals surface area contributed by atoms with Crippen molar-refractivity contribution in [3.05, 3.63) is 64.5 Å². The molecule has 0 saturated heterocycles. The van der Waals surface area contributed by atoms with E-state index in [9.17, 15) is 14.4 Å². The van der Waals surface area contributed by atoms with E-state index in [4.69, 9.17) is 4.74 Å². The number of ether oxygens (including phenoxy) is 1. The molecule has 3 rings (SSSR count). The highest BCUT2D eigenvalue weighted by Crippen LogP contribution is 2.41. The van der Waals surface area contributed by atoms with Gasteiger partial charge in [-0.1, -0.05) is 31.5 Å². The van der Waals surface area contributed by atoms with Gasteiger partial charge in [0.2, 0.25) is 0 Å². The first kappa shape index (κ1) is 22.3. The number of nitrogens with one attached hydrogen (secondary N) is 1. The smallest absolute Gasteiger partial charge is 0.314 e. The predicted octanol–water partition coefficient (Wildman–Crippen LogP) is 5.12. The van der Waals surface area contributed by atoms with Crippen molar-refractivity contribution in [3.8, 4) is 6.07 Å². The van der Waals surface area contributed by atoms with Crippen LogP contribution in [0.3, 0.4) is 0 Å². The molecule has 2 aromatic carbocycles. The predicted molar refractivity (Wildman–Crippen MR) is 117 cm³/mol. The van der Waals surface area contributed by atoms with Gasteiger partial charge in [-0.25, -0.2) is 4.39 Å². The second-order valence-electron chi connectivity index (χ2n) is 7.46. The summed E-state index contributed by atoms with van der Waals surface area (Å²) in [5, 5.41) is 13.1. The van der Waals surface area contributed by atoms with Gasteiger partial charge in [-0.05, 0) is 61.2 Å². The maximum atomic E-state index is 13.3. The van der Waals surface area contributed by atoms with Gasteiger partial charge in [0.25, 0.3) is 0 Å². The maximum absolute atomic E-state index is 13.3. The average Bonchev–Trinajstić information content (AvgIpc) is 2.97. The minimum Gasteiger partial charge on any atom is -0.465 e. The molecule has 1 aliphatic heterocycles. The van der Waals surface area contributed by atoms with Crippen molar-refractivity contribution in [1.82, 2.24) is 5.32 Å². The first-order valence-corrected chi connectivity index (χ1v) is 11.3. The summed E-state index contributed by atoms with van der Waals surface area (Å²) in [5.41, 5.74) is 3.57. The Bertz CT molecular complexity index is 924. The number of hydrogen-bond acceptors (Lipinski definition) is 5. The van der Waals surface area contributed by atoms with Gasteiger partial charge in [0, 0.05) is 16.7 Å². The fourth-order valence-electron chi connectivity index (χ4n) is 3.63. The lowest BCUT2D eigenvalue weighted by Crippen LogP contribution is -2.27. The van der Waals surface area contributed by atoms with Crippen molar-refractivity contribution >= 4 is 17.7 Å². The van der Waals surface area contributed by atoms with Crippen LogP contribution in [0.4, 0.5) is 4.39 Å². The molecule has 30 heavy (non-hydrogen) atoms. The Kier molecular flexibility index (Phi) is 7.89. The average molecular weight is 427 g/mol. The lowest BCUT2D eigenvalue weighted by molar-refractivity contribution is -0.145. The van der Waals surface area contributed by atoms with Gasteiger partial charge < -0.3 is 10.1 Å². The molecule has 1 aliphatic rings. The summed E-state index contributed by atoms with van der Waals surface area (Å²) < 4.78 is 18.8. The third-order valence-electron chi connectivity index (χ3n) is 5.35. The van der Waals surface area contributed by atoms with Gasteiger partial charge in [-0.15, -0.1) is 11.8 Å². The molecule has 0 saturated carbocycles. The van der Waals surface area contributed by atoms with Gasteiger partial charge in [-0.2, -0.15) is 5.26 Å². The van der Waals surface area contributed by atoms with E-state index in [1.807, 2.05) is 13.0 Å². The van der Waals surface area contributed by atoms with Crippen LogP contribution in [0.25, 0.3) is 0 Å². The summed E-state index contributed by atoms with van der Waals surface area (Å²) in [7, 11) is 0. The van der Waals surface area contributed by atoms with Crippen molar-refractivity contribution in [1.29, 1.82) is 5.26 Å². The second kappa shape index (κ2) is 10.6. The Morgan fingerprint density at radius 3 is 2.80 bits per heavy atom. The molecule has 0 bridgehead atoms. The Labute approximate surface area is 181 Å². The van der Waals surface area contributed by atoms with E-state index in [-0.39, 0.29) is 23.0 Å². The first-order chi connectivity index (χ1) is 14.5. The Morgan fingerprint density at radius 1 is 1.33 bits per heavy atom. The summed E-state index contributed by atoms with van der Waals surface area (Å²) in [6.45, 7) is 5.80. The Hall–Kier alpha value is -2.36. The van der Waals surface area contributed by atoms with Gasteiger partial charge in [-0.3, -0.25) is 4.79 Å². The van der Waals surface area contributed by atoms with Gasteiger partial charge in [0.15, 0.2) is 0 Å². The zero-order valence-corrected chi connectivity index (χ0v) is 18.2.